The van der Waals surface area contributed by atoms with Crippen LogP contribution in [0.25, 0.3) is 0 Å². The second-order valence-corrected chi connectivity index (χ2v) is 6.14. The van der Waals surface area contributed by atoms with Gasteiger partial charge < -0.3 is 14.4 Å². The Balaban J connectivity index is 1.51. The predicted molar refractivity (Wildman–Crippen MR) is 91.5 cm³/mol. The van der Waals surface area contributed by atoms with Gasteiger partial charge in [0.25, 0.3) is 5.91 Å². The molecule has 0 spiro atoms. The Morgan fingerprint density at radius 2 is 2.17 bits per heavy atom. The van der Waals surface area contributed by atoms with Gasteiger partial charge in [0.1, 0.15) is 22.6 Å². The van der Waals surface area contributed by atoms with Gasteiger partial charge in [0.05, 0.1) is 6.54 Å². The van der Waals surface area contributed by atoms with Crippen molar-refractivity contribution in [3.05, 3.63) is 53.3 Å². The number of rotatable bonds is 5. The van der Waals surface area contributed by atoms with Crippen LogP contribution >= 0.6 is 11.6 Å². The van der Waals surface area contributed by atoms with Gasteiger partial charge in [-0.3, -0.25) is 9.78 Å². The second-order valence-electron chi connectivity index (χ2n) is 5.73. The van der Waals surface area contributed by atoms with E-state index in [1.165, 1.54) is 0 Å². The SMILES string of the molecule is Cc1ccccc1OCC(=O)N1CCC(Oc2ccncc2Cl)C1. The number of carbonyl (C=O) groups excluding carboxylic acids is 1. The number of para-hydroxylation sites is 1. The van der Waals surface area contributed by atoms with E-state index in [0.717, 1.165) is 17.7 Å². The maximum atomic E-state index is 12.3. The number of nitrogens with zero attached hydrogens (tertiary/aromatic N) is 2. The summed E-state index contributed by atoms with van der Waals surface area (Å²) >= 11 is 6.05. The van der Waals surface area contributed by atoms with Gasteiger partial charge in [-0.05, 0) is 18.6 Å². The Bertz CT molecular complexity index is 723. The smallest absolute Gasteiger partial charge is 0.260 e. The molecule has 1 aliphatic rings. The Morgan fingerprint density at radius 1 is 1.33 bits per heavy atom. The molecular formula is C18H19ClN2O3. The highest BCUT2D eigenvalue weighted by molar-refractivity contribution is 6.31. The third-order valence-electron chi connectivity index (χ3n) is 3.97. The first-order valence-corrected chi connectivity index (χ1v) is 8.23. The van der Waals surface area contributed by atoms with Crippen molar-refractivity contribution in [2.24, 2.45) is 0 Å². The summed E-state index contributed by atoms with van der Waals surface area (Å²) in [6.07, 6.45) is 3.89. The number of pyridine rings is 1. The summed E-state index contributed by atoms with van der Waals surface area (Å²) in [7, 11) is 0. The minimum atomic E-state index is -0.0627. The highest BCUT2D eigenvalue weighted by Gasteiger charge is 2.28. The predicted octanol–water partition coefficient (Wildman–Crippen LogP) is 3.10. The molecule has 0 aliphatic carbocycles. The van der Waals surface area contributed by atoms with Crippen LogP contribution in [0.15, 0.2) is 42.7 Å². The van der Waals surface area contributed by atoms with Gasteiger partial charge in [0, 0.05) is 31.4 Å². The van der Waals surface area contributed by atoms with E-state index >= 15 is 0 Å². The molecule has 1 saturated heterocycles. The highest BCUT2D eigenvalue weighted by atomic mass is 35.5. The third kappa shape index (κ3) is 3.97. The maximum absolute atomic E-state index is 12.3. The Kier molecular flexibility index (Phi) is 5.20. The van der Waals surface area contributed by atoms with Crippen LogP contribution in [0, 0.1) is 6.92 Å². The summed E-state index contributed by atoms with van der Waals surface area (Å²) in [5.41, 5.74) is 1.01. The van der Waals surface area contributed by atoms with Crippen LogP contribution in [-0.2, 0) is 4.79 Å². The molecule has 1 fully saturated rings. The molecule has 0 saturated carbocycles. The molecule has 0 bridgehead atoms. The monoisotopic (exact) mass is 346 g/mol. The lowest BCUT2D eigenvalue weighted by Crippen LogP contribution is -2.34. The molecule has 5 nitrogen and oxygen atoms in total. The van der Waals surface area contributed by atoms with Crippen LogP contribution in [0.4, 0.5) is 0 Å². The zero-order valence-corrected chi connectivity index (χ0v) is 14.2. The summed E-state index contributed by atoms with van der Waals surface area (Å²) in [5.74, 6) is 1.30. The number of aryl methyl sites for hydroxylation is 1. The van der Waals surface area contributed by atoms with E-state index in [1.54, 1.807) is 23.4 Å². The first-order valence-electron chi connectivity index (χ1n) is 7.86. The van der Waals surface area contributed by atoms with Crippen molar-refractivity contribution in [1.82, 2.24) is 9.88 Å². The molecule has 1 aromatic heterocycles. The van der Waals surface area contributed by atoms with Gasteiger partial charge in [-0.25, -0.2) is 0 Å². The van der Waals surface area contributed by atoms with E-state index in [9.17, 15) is 4.79 Å². The number of hydrogen-bond donors (Lipinski definition) is 0. The minimum absolute atomic E-state index is 0.0353. The molecule has 24 heavy (non-hydrogen) atoms. The molecule has 0 N–H and O–H groups in total. The van der Waals surface area contributed by atoms with Crippen LogP contribution in [0.5, 0.6) is 11.5 Å². The first kappa shape index (κ1) is 16.6. The van der Waals surface area contributed by atoms with Gasteiger partial charge in [-0.2, -0.15) is 0 Å². The molecule has 6 heteroatoms. The fraction of sp³-hybridized carbons (Fsp3) is 0.333. The van der Waals surface area contributed by atoms with E-state index in [0.29, 0.717) is 23.9 Å². The zero-order valence-electron chi connectivity index (χ0n) is 13.4. The summed E-state index contributed by atoms with van der Waals surface area (Å²) in [5, 5.41) is 0.477. The Labute approximate surface area is 146 Å². The van der Waals surface area contributed by atoms with Gasteiger partial charge >= 0.3 is 0 Å². The molecule has 126 valence electrons. The Hall–Kier alpha value is -2.27. The van der Waals surface area contributed by atoms with Crippen molar-refractivity contribution >= 4 is 17.5 Å². The van der Waals surface area contributed by atoms with Crippen molar-refractivity contribution in [1.29, 1.82) is 0 Å². The van der Waals surface area contributed by atoms with E-state index in [2.05, 4.69) is 4.98 Å². The fourth-order valence-electron chi connectivity index (χ4n) is 2.64. The number of benzene rings is 1. The third-order valence-corrected chi connectivity index (χ3v) is 4.26. The second kappa shape index (κ2) is 7.53. The topological polar surface area (TPSA) is 51.7 Å². The molecule has 2 aromatic rings. The van der Waals surface area contributed by atoms with E-state index in [-0.39, 0.29) is 18.6 Å². The summed E-state index contributed by atoms with van der Waals surface area (Å²) in [6, 6.07) is 9.39. The fourth-order valence-corrected chi connectivity index (χ4v) is 2.80. The average Bonchev–Trinajstić information content (AvgIpc) is 3.05. The normalized spacial score (nSPS) is 16.9. The van der Waals surface area contributed by atoms with E-state index in [4.69, 9.17) is 21.1 Å². The molecular weight excluding hydrogens is 328 g/mol. The van der Waals surface area contributed by atoms with Crippen LogP contribution in [0.2, 0.25) is 5.02 Å². The molecule has 1 aliphatic heterocycles. The van der Waals surface area contributed by atoms with E-state index in [1.807, 2.05) is 31.2 Å². The largest absolute Gasteiger partial charge is 0.487 e. The van der Waals surface area contributed by atoms with Crippen molar-refractivity contribution in [2.45, 2.75) is 19.4 Å². The average molecular weight is 347 g/mol. The quantitative estimate of drug-likeness (QED) is 0.834. The number of hydrogen-bond acceptors (Lipinski definition) is 4. The van der Waals surface area contributed by atoms with Gasteiger partial charge in [0.2, 0.25) is 0 Å². The molecule has 2 heterocycles. The lowest BCUT2D eigenvalue weighted by Gasteiger charge is -2.18. The standard InChI is InChI=1S/C18H19ClN2O3/c1-13-4-2-3-5-16(13)23-12-18(22)21-9-7-14(11-21)24-17-6-8-20-10-15(17)19/h2-6,8,10,14H,7,9,11-12H2,1H3. The number of amides is 1. The van der Waals surface area contributed by atoms with Crippen LogP contribution in [0.1, 0.15) is 12.0 Å². The van der Waals surface area contributed by atoms with Crippen LogP contribution in [0.3, 0.4) is 0 Å². The summed E-state index contributed by atoms with van der Waals surface area (Å²) in [4.78, 5) is 18.0. The maximum Gasteiger partial charge on any atom is 0.260 e. The molecule has 0 radical (unpaired) electrons. The number of aromatic nitrogens is 1. The van der Waals surface area contributed by atoms with Crippen molar-refractivity contribution < 1.29 is 14.3 Å². The van der Waals surface area contributed by atoms with Crippen molar-refractivity contribution in [3.8, 4) is 11.5 Å². The number of likely N-dealkylation sites (tertiary alicyclic amines) is 1. The van der Waals surface area contributed by atoms with E-state index < -0.39 is 0 Å². The molecule has 1 amide bonds. The first-order chi connectivity index (χ1) is 11.6. The molecule has 3 rings (SSSR count). The number of ether oxygens (including phenoxy) is 2. The minimum Gasteiger partial charge on any atom is -0.487 e. The Morgan fingerprint density at radius 3 is 2.96 bits per heavy atom. The van der Waals surface area contributed by atoms with Crippen molar-refractivity contribution in [3.63, 3.8) is 0 Å². The van der Waals surface area contributed by atoms with Gasteiger partial charge in [-0.1, -0.05) is 29.8 Å². The van der Waals surface area contributed by atoms with Crippen molar-refractivity contribution in [2.75, 3.05) is 19.7 Å². The van der Waals surface area contributed by atoms with Crippen LogP contribution in [-0.4, -0.2) is 41.6 Å². The van der Waals surface area contributed by atoms with Gasteiger partial charge in [0.15, 0.2) is 6.61 Å². The van der Waals surface area contributed by atoms with Crippen LogP contribution < -0.4 is 9.47 Å². The lowest BCUT2D eigenvalue weighted by molar-refractivity contribution is -0.132. The zero-order chi connectivity index (χ0) is 16.9. The summed E-state index contributed by atoms with van der Waals surface area (Å²) < 4.78 is 11.5. The molecule has 1 unspecified atom stereocenters. The number of halogens is 1. The lowest BCUT2D eigenvalue weighted by atomic mass is 10.2. The van der Waals surface area contributed by atoms with Gasteiger partial charge in [-0.15, -0.1) is 0 Å². The molecule has 1 aromatic carbocycles. The number of carbonyl (C=O) groups is 1. The molecule has 1 atom stereocenters. The highest BCUT2D eigenvalue weighted by Crippen LogP contribution is 2.25. The summed E-state index contributed by atoms with van der Waals surface area (Å²) in [6.45, 7) is 3.18.